The fourth-order valence-electron chi connectivity index (χ4n) is 4.78. The summed E-state index contributed by atoms with van der Waals surface area (Å²) < 4.78 is 17.8. The SMILES string of the molecule is COc1ccccc1[C@@H](c1cccc2ccccc12)[C@](C#N)(COCc1ccccc1)C(=O)OC(C)(C)C. The van der Waals surface area contributed by atoms with E-state index in [0.717, 1.165) is 21.9 Å². The van der Waals surface area contributed by atoms with Crippen molar-refractivity contribution in [2.24, 2.45) is 5.41 Å². The standard InChI is InChI=1S/C33H33NO4/c1-32(2,3)38-31(35)33(22-34,23-37-21-24-13-6-5-7-14-24)30(28-18-10-11-20-29(28)36-4)27-19-12-16-25-15-8-9-17-26(25)27/h5-20,30H,21,23H2,1-4H3/t30-,33+/m1/s1. The Morgan fingerprint density at radius 3 is 2.18 bits per heavy atom. The molecule has 4 aromatic carbocycles. The van der Waals surface area contributed by atoms with Crippen molar-refractivity contribution in [1.82, 2.24) is 0 Å². The second kappa shape index (κ2) is 11.5. The van der Waals surface area contributed by atoms with Crippen LogP contribution in [0.25, 0.3) is 10.8 Å². The molecule has 0 bridgehead atoms. The number of methoxy groups -OCH3 is 1. The van der Waals surface area contributed by atoms with E-state index in [1.807, 2.05) is 97.1 Å². The Bertz CT molecular complexity index is 1430. The van der Waals surface area contributed by atoms with E-state index in [0.29, 0.717) is 11.3 Å². The van der Waals surface area contributed by atoms with Crippen molar-refractivity contribution in [3.63, 3.8) is 0 Å². The summed E-state index contributed by atoms with van der Waals surface area (Å²) in [7, 11) is 1.59. The number of carbonyl (C=O) groups is 1. The number of rotatable bonds is 9. The Hall–Kier alpha value is -4.14. The molecule has 2 atom stereocenters. The fraction of sp³-hybridized carbons (Fsp3) is 0.273. The van der Waals surface area contributed by atoms with E-state index in [1.54, 1.807) is 27.9 Å². The summed E-state index contributed by atoms with van der Waals surface area (Å²) >= 11 is 0. The van der Waals surface area contributed by atoms with Gasteiger partial charge in [-0.2, -0.15) is 5.26 Å². The highest BCUT2D eigenvalue weighted by molar-refractivity contribution is 5.90. The van der Waals surface area contributed by atoms with Gasteiger partial charge in [0, 0.05) is 11.5 Å². The molecule has 0 aliphatic rings. The Kier molecular flexibility index (Phi) is 8.14. The van der Waals surface area contributed by atoms with Crippen molar-refractivity contribution in [1.29, 1.82) is 5.26 Å². The maximum absolute atomic E-state index is 14.1. The fourth-order valence-corrected chi connectivity index (χ4v) is 4.78. The van der Waals surface area contributed by atoms with Gasteiger partial charge in [0.15, 0.2) is 5.41 Å². The van der Waals surface area contributed by atoms with Gasteiger partial charge in [-0.3, -0.25) is 4.79 Å². The summed E-state index contributed by atoms with van der Waals surface area (Å²) in [6, 6.07) is 33.5. The number of hydrogen-bond acceptors (Lipinski definition) is 5. The monoisotopic (exact) mass is 507 g/mol. The normalized spacial score (nSPS) is 13.8. The number of fused-ring (bicyclic) bond motifs is 1. The molecule has 4 rings (SSSR count). The smallest absolute Gasteiger partial charge is 0.330 e. The van der Waals surface area contributed by atoms with E-state index in [9.17, 15) is 10.1 Å². The third-order valence-corrected chi connectivity index (χ3v) is 6.48. The highest BCUT2D eigenvalue weighted by atomic mass is 16.6. The van der Waals surface area contributed by atoms with Gasteiger partial charge in [0.25, 0.3) is 0 Å². The zero-order valence-electron chi connectivity index (χ0n) is 22.3. The number of nitrogens with zero attached hydrogens (tertiary/aromatic N) is 1. The van der Waals surface area contributed by atoms with Crippen LogP contribution in [-0.2, 0) is 20.9 Å². The Labute approximate surface area is 224 Å². The van der Waals surface area contributed by atoms with E-state index in [-0.39, 0.29) is 13.2 Å². The van der Waals surface area contributed by atoms with Crippen LogP contribution in [-0.4, -0.2) is 25.3 Å². The molecule has 194 valence electrons. The van der Waals surface area contributed by atoms with E-state index < -0.39 is 22.9 Å². The van der Waals surface area contributed by atoms with E-state index >= 15 is 0 Å². The van der Waals surface area contributed by atoms with Crippen molar-refractivity contribution in [2.75, 3.05) is 13.7 Å². The van der Waals surface area contributed by atoms with Gasteiger partial charge in [0.05, 0.1) is 26.4 Å². The van der Waals surface area contributed by atoms with Gasteiger partial charge in [0.1, 0.15) is 11.4 Å². The first kappa shape index (κ1) is 26.9. The van der Waals surface area contributed by atoms with Gasteiger partial charge in [-0.25, -0.2) is 0 Å². The lowest BCUT2D eigenvalue weighted by atomic mass is 9.68. The number of ether oxygens (including phenoxy) is 3. The molecule has 0 aliphatic heterocycles. The molecule has 0 unspecified atom stereocenters. The van der Waals surface area contributed by atoms with Gasteiger partial charge in [-0.1, -0.05) is 91.0 Å². The lowest BCUT2D eigenvalue weighted by molar-refractivity contribution is -0.168. The van der Waals surface area contributed by atoms with Crippen LogP contribution >= 0.6 is 0 Å². The zero-order valence-corrected chi connectivity index (χ0v) is 22.3. The minimum absolute atomic E-state index is 0.167. The number of esters is 1. The first-order valence-corrected chi connectivity index (χ1v) is 12.7. The minimum atomic E-state index is -1.71. The molecule has 0 N–H and O–H groups in total. The summed E-state index contributed by atoms with van der Waals surface area (Å²) in [4.78, 5) is 14.1. The number of carbonyl (C=O) groups excluding carboxylic acids is 1. The largest absolute Gasteiger partial charge is 0.496 e. The molecule has 0 aliphatic carbocycles. The molecule has 0 heterocycles. The summed E-state index contributed by atoms with van der Waals surface area (Å²) in [6.45, 7) is 5.48. The summed E-state index contributed by atoms with van der Waals surface area (Å²) in [5.74, 6) is -0.790. The molecule has 0 fully saturated rings. The molecule has 5 heteroatoms. The van der Waals surface area contributed by atoms with Crippen LogP contribution in [0.4, 0.5) is 0 Å². The lowest BCUT2D eigenvalue weighted by Gasteiger charge is -2.36. The van der Waals surface area contributed by atoms with Crippen LogP contribution < -0.4 is 4.74 Å². The average Bonchev–Trinajstić information content (AvgIpc) is 2.92. The number of hydrogen-bond donors (Lipinski definition) is 0. The average molecular weight is 508 g/mol. The molecular weight excluding hydrogens is 474 g/mol. The van der Waals surface area contributed by atoms with E-state index in [4.69, 9.17) is 14.2 Å². The Morgan fingerprint density at radius 1 is 0.842 bits per heavy atom. The Balaban J connectivity index is 1.94. The summed E-state index contributed by atoms with van der Waals surface area (Å²) in [5, 5.41) is 12.8. The molecule has 4 aromatic rings. The maximum atomic E-state index is 14.1. The molecule has 38 heavy (non-hydrogen) atoms. The van der Waals surface area contributed by atoms with Crippen LogP contribution in [0.5, 0.6) is 5.75 Å². The number of nitriles is 1. The molecule has 5 nitrogen and oxygen atoms in total. The highest BCUT2D eigenvalue weighted by Gasteiger charge is 2.52. The van der Waals surface area contributed by atoms with Crippen molar-refractivity contribution >= 4 is 16.7 Å². The quantitative estimate of drug-likeness (QED) is 0.227. The molecule has 0 amide bonds. The number of benzene rings is 4. The number of para-hydroxylation sites is 1. The lowest BCUT2D eigenvalue weighted by Crippen LogP contribution is -2.45. The van der Waals surface area contributed by atoms with Crippen LogP contribution in [0.2, 0.25) is 0 Å². The molecule has 0 saturated heterocycles. The van der Waals surface area contributed by atoms with Crippen molar-refractivity contribution in [3.8, 4) is 11.8 Å². The maximum Gasteiger partial charge on any atom is 0.330 e. The zero-order chi connectivity index (χ0) is 27.2. The van der Waals surface area contributed by atoms with Crippen molar-refractivity contribution < 1.29 is 19.0 Å². The van der Waals surface area contributed by atoms with E-state index in [2.05, 4.69) is 6.07 Å². The summed E-state index contributed by atoms with van der Waals surface area (Å²) in [6.07, 6.45) is 0. The Morgan fingerprint density at radius 2 is 1.47 bits per heavy atom. The second-order valence-electron chi connectivity index (χ2n) is 10.3. The predicted octanol–water partition coefficient (Wildman–Crippen LogP) is 7.05. The second-order valence-corrected chi connectivity index (χ2v) is 10.3. The third kappa shape index (κ3) is 5.72. The van der Waals surface area contributed by atoms with Gasteiger partial charge in [0.2, 0.25) is 0 Å². The summed E-state index contributed by atoms with van der Waals surface area (Å²) in [5.41, 5.74) is -0.0308. The van der Waals surface area contributed by atoms with Gasteiger partial charge >= 0.3 is 5.97 Å². The molecule has 0 aromatic heterocycles. The third-order valence-electron chi connectivity index (χ3n) is 6.48. The van der Waals surface area contributed by atoms with Crippen LogP contribution in [0, 0.1) is 16.7 Å². The predicted molar refractivity (Wildman–Crippen MR) is 149 cm³/mol. The first-order chi connectivity index (χ1) is 18.3. The molecular formula is C33H33NO4. The minimum Gasteiger partial charge on any atom is -0.496 e. The van der Waals surface area contributed by atoms with Gasteiger partial charge in [-0.05, 0) is 48.7 Å². The molecule has 0 radical (unpaired) electrons. The van der Waals surface area contributed by atoms with Crippen LogP contribution in [0.3, 0.4) is 0 Å². The first-order valence-electron chi connectivity index (χ1n) is 12.7. The van der Waals surface area contributed by atoms with Crippen LogP contribution in [0.15, 0.2) is 97.1 Å². The highest BCUT2D eigenvalue weighted by Crippen LogP contribution is 2.48. The molecule has 0 saturated carbocycles. The molecule has 0 spiro atoms. The van der Waals surface area contributed by atoms with Crippen LogP contribution in [0.1, 0.15) is 43.4 Å². The van der Waals surface area contributed by atoms with E-state index in [1.165, 1.54) is 0 Å². The van der Waals surface area contributed by atoms with Gasteiger partial charge < -0.3 is 14.2 Å². The topological polar surface area (TPSA) is 68.5 Å². The van der Waals surface area contributed by atoms with Gasteiger partial charge in [-0.15, -0.1) is 0 Å². The van der Waals surface area contributed by atoms with Crippen molar-refractivity contribution in [2.45, 2.75) is 38.9 Å². The van der Waals surface area contributed by atoms with Crippen molar-refractivity contribution in [3.05, 3.63) is 114 Å².